The van der Waals surface area contributed by atoms with Gasteiger partial charge in [-0.3, -0.25) is 4.79 Å². The van der Waals surface area contributed by atoms with Gasteiger partial charge in [0.25, 0.3) is 0 Å². The van der Waals surface area contributed by atoms with E-state index in [9.17, 15) is 4.79 Å². The lowest BCUT2D eigenvalue weighted by molar-refractivity contribution is -0.116. The lowest BCUT2D eigenvalue weighted by Gasteiger charge is -2.33. The summed E-state index contributed by atoms with van der Waals surface area (Å²) < 4.78 is 1.89. The van der Waals surface area contributed by atoms with Gasteiger partial charge in [0.2, 0.25) is 11.1 Å². The Labute approximate surface area is 179 Å². The van der Waals surface area contributed by atoms with Gasteiger partial charge >= 0.3 is 0 Å². The van der Waals surface area contributed by atoms with Crippen molar-refractivity contribution in [3.05, 3.63) is 70.0 Å². The van der Waals surface area contributed by atoms with Gasteiger partial charge in [-0.15, -0.1) is 10.2 Å². The molecule has 2 aromatic carbocycles. The predicted octanol–water partition coefficient (Wildman–Crippen LogP) is 4.51. The number of fused-ring (bicyclic) bond motifs is 1. The molecule has 2 N–H and O–H groups in total. The topological polar surface area (TPSA) is 71.8 Å². The number of carbonyl (C=O) groups is 1. The van der Waals surface area contributed by atoms with Crippen LogP contribution in [-0.2, 0) is 11.2 Å². The quantitative estimate of drug-likeness (QED) is 0.641. The van der Waals surface area contributed by atoms with Crippen LogP contribution < -0.4 is 10.7 Å². The second-order valence-electron chi connectivity index (χ2n) is 7.05. The normalized spacial score (nSPS) is 18.1. The molecule has 0 spiro atoms. The number of amides is 1. The zero-order valence-electron chi connectivity index (χ0n) is 16.4. The molecule has 0 radical (unpaired) electrons. The molecule has 0 saturated heterocycles. The number of aryl methyl sites for hydroxylation is 2. The predicted molar refractivity (Wildman–Crippen MR) is 117 cm³/mol. The highest BCUT2D eigenvalue weighted by Gasteiger charge is 2.37. The van der Waals surface area contributed by atoms with Crippen LogP contribution >= 0.6 is 23.4 Å². The molecule has 1 aliphatic rings. The van der Waals surface area contributed by atoms with Gasteiger partial charge in [0.1, 0.15) is 5.25 Å². The lowest BCUT2D eigenvalue weighted by atomic mass is 10.0. The highest BCUT2D eigenvalue weighted by atomic mass is 35.5. The van der Waals surface area contributed by atoms with Crippen molar-refractivity contribution < 1.29 is 4.79 Å². The average molecular weight is 428 g/mol. The van der Waals surface area contributed by atoms with Crippen molar-refractivity contribution >= 4 is 35.0 Å². The molecular weight excluding hydrogens is 406 g/mol. The minimum Gasteiger partial charge on any atom is -0.325 e. The van der Waals surface area contributed by atoms with Crippen LogP contribution in [0.4, 0.5) is 5.69 Å². The number of aromatic nitrogens is 3. The maximum atomic E-state index is 13.3. The number of nitrogens with zero attached hydrogens (tertiary/aromatic N) is 3. The van der Waals surface area contributed by atoms with Crippen molar-refractivity contribution in [3.63, 3.8) is 0 Å². The van der Waals surface area contributed by atoms with Crippen LogP contribution in [0.5, 0.6) is 0 Å². The fourth-order valence-corrected chi connectivity index (χ4v) is 4.57. The number of benzene rings is 2. The Morgan fingerprint density at radius 2 is 1.97 bits per heavy atom. The number of thioether (sulfide) groups is 1. The number of carbonyl (C=O) groups excluding carboxylic acids is 1. The molecule has 0 bridgehead atoms. The van der Waals surface area contributed by atoms with Crippen LogP contribution in [0.3, 0.4) is 0 Å². The van der Waals surface area contributed by atoms with Crippen LogP contribution in [0.25, 0.3) is 0 Å². The number of hydrogen-bond donors (Lipinski definition) is 2. The number of halogens is 1. The van der Waals surface area contributed by atoms with Crippen molar-refractivity contribution in [2.24, 2.45) is 0 Å². The monoisotopic (exact) mass is 427 g/mol. The minimum atomic E-state index is -0.419. The molecule has 0 saturated carbocycles. The first kappa shape index (κ1) is 19.8. The summed E-state index contributed by atoms with van der Waals surface area (Å²) in [5, 5.41) is 12.4. The maximum absolute atomic E-state index is 13.3. The molecule has 29 heavy (non-hydrogen) atoms. The van der Waals surface area contributed by atoms with Gasteiger partial charge in [-0.05, 0) is 37.1 Å². The number of rotatable bonds is 4. The van der Waals surface area contributed by atoms with Gasteiger partial charge in [0.15, 0.2) is 5.82 Å². The van der Waals surface area contributed by atoms with Crippen LogP contribution in [-0.4, -0.2) is 26.0 Å². The molecule has 4 rings (SSSR count). The number of hydrogen-bond acceptors (Lipinski definition) is 5. The van der Waals surface area contributed by atoms with Gasteiger partial charge in [0, 0.05) is 17.1 Å². The van der Waals surface area contributed by atoms with E-state index in [0.717, 1.165) is 23.4 Å². The highest BCUT2D eigenvalue weighted by Crippen LogP contribution is 2.38. The van der Waals surface area contributed by atoms with Gasteiger partial charge in [-0.2, -0.15) is 0 Å². The van der Waals surface area contributed by atoms with E-state index in [4.69, 9.17) is 11.6 Å². The van der Waals surface area contributed by atoms with E-state index in [-0.39, 0.29) is 11.9 Å². The summed E-state index contributed by atoms with van der Waals surface area (Å²) in [6.45, 7) is 5.98. The van der Waals surface area contributed by atoms with E-state index < -0.39 is 5.25 Å². The Bertz CT molecular complexity index is 1050. The van der Waals surface area contributed by atoms with Crippen molar-refractivity contribution in [2.75, 3.05) is 10.7 Å². The van der Waals surface area contributed by atoms with Gasteiger partial charge < -0.3 is 10.7 Å². The zero-order valence-corrected chi connectivity index (χ0v) is 18.0. The first-order valence-corrected chi connectivity index (χ1v) is 10.7. The molecule has 6 nitrogen and oxygen atoms in total. The fraction of sp³-hybridized carbons (Fsp3) is 0.286. The largest absolute Gasteiger partial charge is 0.325 e. The summed E-state index contributed by atoms with van der Waals surface area (Å²) in [6, 6.07) is 13.5. The molecule has 3 aromatic rings. The van der Waals surface area contributed by atoms with E-state index in [2.05, 4.69) is 45.2 Å². The summed E-state index contributed by atoms with van der Waals surface area (Å²) in [6.07, 6.45) is 0.750. The Hall–Kier alpha value is -2.51. The molecule has 1 amide bonds. The zero-order chi connectivity index (χ0) is 20.5. The molecular formula is C21H22ClN5OS. The van der Waals surface area contributed by atoms with E-state index in [1.165, 1.54) is 17.3 Å². The Morgan fingerprint density at radius 1 is 1.21 bits per heavy atom. The molecule has 1 aliphatic heterocycles. The SMILES string of the molecule is CCc1nnc2n1N[C@@H](c1ccc(C)cc1)[C@H](C(=O)Nc1cccc(Cl)c1C)S2. The highest BCUT2D eigenvalue weighted by molar-refractivity contribution is 8.00. The minimum absolute atomic E-state index is 0.106. The molecule has 1 aromatic heterocycles. The molecule has 2 heterocycles. The smallest absolute Gasteiger partial charge is 0.240 e. The van der Waals surface area contributed by atoms with Gasteiger partial charge in [0.05, 0.1) is 6.04 Å². The average Bonchev–Trinajstić information content (AvgIpc) is 3.13. The van der Waals surface area contributed by atoms with Crippen LogP contribution in [0.1, 0.15) is 35.5 Å². The van der Waals surface area contributed by atoms with E-state index >= 15 is 0 Å². The van der Waals surface area contributed by atoms with Crippen molar-refractivity contribution in [2.45, 2.75) is 43.6 Å². The first-order valence-electron chi connectivity index (χ1n) is 9.48. The van der Waals surface area contributed by atoms with Crippen molar-refractivity contribution in [1.29, 1.82) is 0 Å². The van der Waals surface area contributed by atoms with Crippen molar-refractivity contribution in [3.8, 4) is 0 Å². The molecule has 0 unspecified atom stereocenters. The third-order valence-electron chi connectivity index (χ3n) is 5.04. The standard InChI is InChI=1S/C21H22ClN5OS/c1-4-17-24-25-21-27(17)26-18(14-10-8-12(2)9-11-14)19(29-21)20(28)23-16-7-5-6-15(22)13(16)3/h5-11,18-19,26H,4H2,1-3H3,(H,23,28)/t18-,19+/m0/s1. The summed E-state index contributed by atoms with van der Waals surface area (Å²) in [7, 11) is 0. The summed E-state index contributed by atoms with van der Waals surface area (Å²) in [5.41, 5.74) is 7.23. The molecule has 150 valence electrons. The van der Waals surface area contributed by atoms with Gasteiger partial charge in [-0.25, -0.2) is 4.68 Å². The molecule has 8 heteroatoms. The summed E-state index contributed by atoms with van der Waals surface area (Å²) >= 11 is 7.64. The van der Waals surface area contributed by atoms with Gasteiger partial charge in [-0.1, -0.05) is 66.2 Å². The maximum Gasteiger partial charge on any atom is 0.240 e. The Kier molecular flexibility index (Phi) is 5.52. The second kappa shape index (κ2) is 8.08. The van der Waals surface area contributed by atoms with E-state index in [0.29, 0.717) is 15.9 Å². The molecule has 2 atom stereocenters. The summed E-state index contributed by atoms with van der Waals surface area (Å²) in [5.74, 6) is 0.736. The first-order chi connectivity index (χ1) is 14.0. The second-order valence-corrected chi connectivity index (χ2v) is 8.56. The molecule has 0 fully saturated rings. The third kappa shape index (κ3) is 3.84. The van der Waals surface area contributed by atoms with Crippen LogP contribution in [0.15, 0.2) is 47.6 Å². The number of anilines is 1. The van der Waals surface area contributed by atoms with E-state index in [1.807, 2.05) is 43.6 Å². The number of nitrogens with one attached hydrogen (secondary N) is 2. The third-order valence-corrected chi connectivity index (χ3v) is 6.67. The van der Waals surface area contributed by atoms with Crippen LogP contribution in [0, 0.1) is 13.8 Å². The summed E-state index contributed by atoms with van der Waals surface area (Å²) in [4.78, 5) is 13.3. The van der Waals surface area contributed by atoms with Crippen molar-refractivity contribution in [1.82, 2.24) is 14.9 Å². The Balaban J connectivity index is 1.69. The Morgan fingerprint density at radius 3 is 2.69 bits per heavy atom. The lowest BCUT2D eigenvalue weighted by Crippen LogP contribution is -2.41. The van der Waals surface area contributed by atoms with E-state index in [1.54, 1.807) is 0 Å². The van der Waals surface area contributed by atoms with Crippen LogP contribution in [0.2, 0.25) is 5.02 Å². The fourth-order valence-electron chi connectivity index (χ4n) is 3.30. The molecule has 0 aliphatic carbocycles.